The van der Waals surface area contributed by atoms with Gasteiger partial charge in [-0.15, -0.1) is 0 Å². The second kappa shape index (κ2) is 5.28. The number of benzene rings is 1. The van der Waals surface area contributed by atoms with Gasteiger partial charge in [0.15, 0.2) is 9.84 Å². The van der Waals surface area contributed by atoms with Crippen LogP contribution in [0.4, 0.5) is 8.78 Å². The van der Waals surface area contributed by atoms with Gasteiger partial charge < -0.3 is 0 Å². The van der Waals surface area contributed by atoms with Crippen molar-refractivity contribution in [3.63, 3.8) is 0 Å². The van der Waals surface area contributed by atoms with Crippen LogP contribution in [-0.4, -0.2) is 25.7 Å². The Morgan fingerprint density at radius 1 is 1.37 bits per heavy atom. The lowest BCUT2D eigenvalue weighted by Gasteiger charge is -2.09. The quantitative estimate of drug-likeness (QED) is 0.784. The maximum atomic E-state index is 13.7. The number of carbonyl (C=O) groups excluding carboxylic acids is 1. The van der Waals surface area contributed by atoms with Gasteiger partial charge in [-0.25, -0.2) is 17.2 Å². The van der Waals surface area contributed by atoms with Crippen molar-refractivity contribution >= 4 is 31.6 Å². The fourth-order valence-corrected chi connectivity index (χ4v) is 4.25. The summed E-state index contributed by atoms with van der Waals surface area (Å²) in [6.07, 6.45) is -0.185. The van der Waals surface area contributed by atoms with E-state index in [1.165, 1.54) is 6.07 Å². The molecule has 0 N–H and O–H groups in total. The zero-order valence-corrected chi connectivity index (χ0v) is 12.2. The maximum Gasteiger partial charge on any atom is 0.151 e. The topological polar surface area (TPSA) is 51.2 Å². The predicted molar refractivity (Wildman–Crippen MR) is 69.5 cm³/mol. The van der Waals surface area contributed by atoms with Crippen molar-refractivity contribution in [2.24, 2.45) is 5.92 Å². The van der Waals surface area contributed by atoms with Gasteiger partial charge in [0.2, 0.25) is 0 Å². The van der Waals surface area contributed by atoms with Crippen LogP contribution in [-0.2, 0) is 21.1 Å². The summed E-state index contributed by atoms with van der Waals surface area (Å²) in [5, 5.41) is 0. The number of rotatable bonds is 3. The third kappa shape index (κ3) is 3.20. The van der Waals surface area contributed by atoms with Crippen molar-refractivity contribution < 1.29 is 22.0 Å². The monoisotopic (exact) mass is 352 g/mol. The Morgan fingerprint density at radius 2 is 2.05 bits per heavy atom. The number of ketones is 1. The van der Waals surface area contributed by atoms with E-state index in [1.807, 2.05) is 0 Å². The highest BCUT2D eigenvalue weighted by atomic mass is 79.9. The number of carbonyl (C=O) groups is 1. The lowest BCUT2D eigenvalue weighted by molar-refractivity contribution is -0.121. The van der Waals surface area contributed by atoms with Crippen molar-refractivity contribution in [1.82, 2.24) is 0 Å². The smallest absolute Gasteiger partial charge is 0.151 e. The predicted octanol–water partition coefficient (Wildman–Crippen LogP) is 2.27. The fraction of sp³-hybridized carbons (Fsp3) is 0.417. The van der Waals surface area contributed by atoms with Gasteiger partial charge in [0.1, 0.15) is 17.4 Å². The SMILES string of the molecule is O=C(Cc1c(F)ccc(Br)c1F)C1CCS(=O)(=O)C1. The van der Waals surface area contributed by atoms with Gasteiger partial charge in [-0.2, -0.15) is 0 Å². The Morgan fingerprint density at radius 3 is 2.63 bits per heavy atom. The molecule has 1 heterocycles. The van der Waals surface area contributed by atoms with E-state index >= 15 is 0 Å². The molecule has 0 saturated carbocycles. The lowest BCUT2D eigenvalue weighted by atomic mass is 9.97. The molecule has 1 aromatic rings. The Kier molecular flexibility index (Phi) is 4.06. The van der Waals surface area contributed by atoms with Crippen LogP contribution in [0.1, 0.15) is 12.0 Å². The Balaban J connectivity index is 2.19. The number of hydrogen-bond acceptors (Lipinski definition) is 3. The van der Waals surface area contributed by atoms with Crippen molar-refractivity contribution in [3.05, 3.63) is 33.8 Å². The van der Waals surface area contributed by atoms with Crippen LogP contribution in [0.25, 0.3) is 0 Å². The normalized spacial score (nSPS) is 21.5. The summed E-state index contributed by atoms with van der Waals surface area (Å²) in [5.41, 5.74) is -0.316. The Labute approximate surface area is 118 Å². The van der Waals surface area contributed by atoms with Gasteiger partial charge in [0.25, 0.3) is 0 Å². The Bertz CT molecular complexity index is 628. The maximum absolute atomic E-state index is 13.7. The summed E-state index contributed by atoms with van der Waals surface area (Å²) in [5.74, 6) is -2.94. The average molecular weight is 353 g/mol. The van der Waals surface area contributed by atoms with Crippen molar-refractivity contribution in [3.8, 4) is 0 Å². The standard InChI is InChI=1S/C12H11BrF2O3S/c13-9-1-2-10(14)8(12(9)15)5-11(16)7-3-4-19(17,18)6-7/h1-2,7H,3-6H2. The molecular weight excluding hydrogens is 342 g/mol. The minimum atomic E-state index is -3.18. The van der Waals surface area contributed by atoms with Crippen molar-refractivity contribution in [2.75, 3.05) is 11.5 Å². The fourth-order valence-electron chi connectivity index (χ4n) is 2.10. The van der Waals surface area contributed by atoms with Crippen LogP contribution in [0.5, 0.6) is 0 Å². The lowest BCUT2D eigenvalue weighted by Crippen LogP contribution is -2.19. The van der Waals surface area contributed by atoms with Crippen LogP contribution >= 0.6 is 15.9 Å². The first-order chi connectivity index (χ1) is 8.80. The summed E-state index contributed by atoms with van der Waals surface area (Å²) < 4.78 is 49.8. The van der Waals surface area contributed by atoms with Crippen LogP contribution in [0.15, 0.2) is 16.6 Å². The molecule has 1 aromatic carbocycles. The molecule has 1 atom stereocenters. The summed E-state index contributed by atoms with van der Waals surface area (Å²) in [6, 6.07) is 2.29. The van der Waals surface area contributed by atoms with E-state index in [9.17, 15) is 22.0 Å². The van der Waals surface area contributed by atoms with Gasteiger partial charge >= 0.3 is 0 Å². The van der Waals surface area contributed by atoms with Gasteiger partial charge in [-0.3, -0.25) is 4.79 Å². The third-order valence-electron chi connectivity index (χ3n) is 3.18. The molecule has 104 valence electrons. The van der Waals surface area contributed by atoms with Crippen LogP contribution in [0.2, 0.25) is 0 Å². The summed E-state index contributed by atoms with van der Waals surface area (Å²) in [7, 11) is -3.18. The number of halogens is 3. The molecule has 1 saturated heterocycles. The third-order valence-corrected chi connectivity index (χ3v) is 5.56. The highest BCUT2D eigenvalue weighted by molar-refractivity contribution is 9.10. The highest BCUT2D eigenvalue weighted by Crippen LogP contribution is 2.25. The van der Waals surface area contributed by atoms with E-state index in [1.54, 1.807) is 0 Å². The Hall–Kier alpha value is -0.820. The molecule has 0 amide bonds. The average Bonchev–Trinajstić information content (AvgIpc) is 2.70. The minimum absolute atomic E-state index is 0.0349. The molecule has 1 aliphatic rings. The number of sulfone groups is 1. The second-order valence-corrected chi connectivity index (χ2v) is 7.65. The molecule has 1 aliphatic heterocycles. The summed E-state index contributed by atoms with van der Waals surface area (Å²) in [6.45, 7) is 0. The zero-order valence-electron chi connectivity index (χ0n) is 9.83. The van der Waals surface area contributed by atoms with E-state index < -0.39 is 39.6 Å². The molecule has 0 aliphatic carbocycles. The molecule has 0 aromatic heterocycles. The molecule has 0 radical (unpaired) electrons. The van der Waals surface area contributed by atoms with Crippen LogP contribution in [0, 0.1) is 17.6 Å². The summed E-state index contributed by atoms with van der Waals surface area (Å²) in [4.78, 5) is 11.9. The van der Waals surface area contributed by atoms with Gasteiger partial charge in [-0.1, -0.05) is 0 Å². The van der Waals surface area contributed by atoms with E-state index in [0.717, 1.165) is 6.07 Å². The van der Waals surface area contributed by atoms with Crippen LogP contribution in [0.3, 0.4) is 0 Å². The first kappa shape index (κ1) is 14.6. The molecule has 7 heteroatoms. The van der Waals surface area contributed by atoms with E-state index in [0.29, 0.717) is 0 Å². The molecular formula is C12H11BrF2O3S. The largest absolute Gasteiger partial charge is 0.299 e. The van der Waals surface area contributed by atoms with Gasteiger partial charge in [0, 0.05) is 17.9 Å². The van der Waals surface area contributed by atoms with Gasteiger partial charge in [-0.05, 0) is 34.5 Å². The van der Waals surface area contributed by atoms with Crippen molar-refractivity contribution in [1.29, 1.82) is 0 Å². The second-order valence-electron chi connectivity index (χ2n) is 4.56. The zero-order chi connectivity index (χ0) is 14.2. The van der Waals surface area contributed by atoms with Gasteiger partial charge in [0.05, 0.1) is 16.0 Å². The van der Waals surface area contributed by atoms with E-state index in [2.05, 4.69) is 15.9 Å². The van der Waals surface area contributed by atoms with E-state index in [-0.39, 0.29) is 28.0 Å². The number of Topliss-reactive ketones (excluding diaryl/α,β-unsaturated/α-hetero) is 1. The molecule has 0 spiro atoms. The van der Waals surface area contributed by atoms with E-state index in [4.69, 9.17) is 0 Å². The molecule has 1 fully saturated rings. The summed E-state index contributed by atoms with van der Waals surface area (Å²) >= 11 is 2.92. The molecule has 2 rings (SSSR count). The highest BCUT2D eigenvalue weighted by Gasteiger charge is 2.33. The molecule has 1 unspecified atom stereocenters. The first-order valence-corrected chi connectivity index (χ1v) is 8.27. The number of hydrogen-bond donors (Lipinski definition) is 0. The minimum Gasteiger partial charge on any atom is -0.299 e. The first-order valence-electron chi connectivity index (χ1n) is 5.65. The molecule has 19 heavy (non-hydrogen) atoms. The molecule has 3 nitrogen and oxygen atoms in total. The van der Waals surface area contributed by atoms with Crippen molar-refractivity contribution in [2.45, 2.75) is 12.8 Å². The molecule has 0 bridgehead atoms. The van der Waals surface area contributed by atoms with Crippen LogP contribution < -0.4 is 0 Å².